The van der Waals surface area contributed by atoms with Crippen molar-refractivity contribution >= 4 is 17.2 Å². The molecule has 1 heterocycles. The Bertz CT molecular complexity index is 384. The summed E-state index contributed by atoms with van der Waals surface area (Å²) in [6, 6.07) is 5.16. The molecule has 1 aliphatic rings. The van der Waals surface area contributed by atoms with Gasteiger partial charge in [-0.15, -0.1) is 0 Å². The minimum absolute atomic E-state index is 0.321. The Hall–Kier alpha value is -1.13. The van der Waals surface area contributed by atoms with Crippen LogP contribution in [0, 0.1) is 0 Å². The first kappa shape index (κ1) is 8.47. The first-order valence-electron chi connectivity index (χ1n) is 3.78. The van der Waals surface area contributed by atoms with Crippen LogP contribution in [-0.2, 0) is 22.4 Å². The molecule has 0 aromatic heterocycles. The lowest BCUT2D eigenvalue weighted by Crippen LogP contribution is -2.03. The minimum atomic E-state index is -2.18. The number of benzene rings is 1. The molecule has 0 saturated heterocycles. The van der Waals surface area contributed by atoms with Crippen LogP contribution in [0.15, 0.2) is 29.4 Å². The van der Waals surface area contributed by atoms with E-state index < -0.39 is 11.1 Å². The molecule has 1 aromatic rings. The molecule has 2 rings (SSSR count). The van der Waals surface area contributed by atoms with E-state index in [0.717, 1.165) is 11.1 Å². The molecule has 0 fully saturated rings. The standard InChI is InChI=1S/C9H8O3S/c10-13(11)9-3-1-2-7-4-5-12-6-8(7)9/h1-5H,6H2,(H,10,11)/p-1. The third kappa shape index (κ3) is 1.50. The van der Waals surface area contributed by atoms with Crippen molar-refractivity contribution in [2.45, 2.75) is 11.5 Å². The van der Waals surface area contributed by atoms with E-state index in [2.05, 4.69) is 0 Å². The second-order valence-corrected chi connectivity index (χ2v) is 3.58. The van der Waals surface area contributed by atoms with E-state index in [0.29, 0.717) is 11.5 Å². The molecule has 0 N–H and O–H groups in total. The zero-order chi connectivity index (χ0) is 9.26. The summed E-state index contributed by atoms with van der Waals surface area (Å²) in [6.45, 7) is 0.329. The number of ether oxygens (including phenoxy) is 1. The highest BCUT2D eigenvalue weighted by atomic mass is 32.2. The van der Waals surface area contributed by atoms with Gasteiger partial charge >= 0.3 is 0 Å². The average Bonchev–Trinajstić information content (AvgIpc) is 2.17. The molecule has 0 saturated carbocycles. The number of rotatable bonds is 1. The van der Waals surface area contributed by atoms with E-state index in [4.69, 9.17) is 4.74 Å². The van der Waals surface area contributed by atoms with E-state index in [9.17, 15) is 8.76 Å². The molecule has 3 nitrogen and oxygen atoms in total. The second kappa shape index (κ2) is 3.32. The largest absolute Gasteiger partial charge is 0.768 e. The van der Waals surface area contributed by atoms with Crippen molar-refractivity contribution in [3.05, 3.63) is 35.6 Å². The monoisotopic (exact) mass is 195 g/mol. The smallest absolute Gasteiger partial charge is 0.114 e. The van der Waals surface area contributed by atoms with Gasteiger partial charge in [0.2, 0.25) is 0 Å². The normalized spacial score (nSPS) is 16.1. The van der Waals surface area contributed by atoms with Crippen LogP contribution >= 0.6 is 0 Å². The summed E-state index contributed by atoms with van der Waals surface area (Å²) < 4.78 is 26.6. The van der Waals surface area contributed by atoms with Gasteiger partial charge in [0.1, 0.15) is 6.61 Å². The molecule has 0 spiro atoms. The van der Waals surface area contributed by atoms with Crippen LogP contribution < -0.4 is 0 Å². The van der Waals surface area contributed by atoms with Gasteiger partial charge in [-0.05, 0) is 28.8 Å². The molecular formula is C9H7O3S-. The van der Waals surface area contributed by atoms with E-state index in [1.165, 1.54) is 0 Å². The highest BCUT2D eigenvalue weighted by molar-refractivity contribution is 7.79. The lowest BCUT2D eigenvalue weighted by Gasteiger charge is -2.16. The number of fused-ring (bicyclic) bond motifs is 1. The van der Waals surface area contributed by atoms with Gasteiger partial charge in [-0.25, -0.2) is 0 Å². The van der Waals surface area contributed by atoms with Crippen LogP contribution in [0.5, 0.6) is 0 Å². The van der Waals surface area contributed by atoms with Crippen LogP contribution in [-0.4, -0.2) is 8.76 Å². The first-order chi connectivity index (χ1) is 6.29. The summed E-state index contributed by atoms with van der Waals surface area (Å²) >= 11 is -2.18. The SMILES string of the molecule is O=S([O-])c1cccc2c1COC=C2. The number of hydrogen-bond donors (Lipinski definition) is 0. The van der Waals surface area contributed by atoms with Gasteiger partial charge in [-0.3, -0.25) is 4.21 Å². The van der Waals surface area contributed by atoms with Crippen molar-refractivity contribution in [2.24, 2.45) is 0 Å². The van der Waals surface area contributed by atoms with Crippen molar-refractivity contribution < 1.29 is 13.5 Å². The molecule has 4 heteroatoms. The highest BCUT2D eigenvalue weighted by Gasteiger charge is 2.09. The summed E-state index contributed by atoms with van der Waals surface area (Å²) in [4.78, 5) is 0.321. The van der Waals surface area contributed by atoms with Crippen LogP contribution in [0.25, 0.3) is 6.08 Å². The summed E-state index contributed by atoms with van der Waals surface area (Å²) in [5.41, 5.74) is 1.64. The zero-order valence-electron chi connectivity index (χ0n) is 6.73. The van der Waals surface area contributed by atoms with Gasteiger partial charge in [0.25, 0.3) is 0 Å². The summed E-state index contributed by atoms with van der Waals surface area (Å²) in [5.74, 6) is 0. The zero-order valence-corrected chi connectivity index (χ0v) is 7.54. The molecule has 13 heavy (non-hydrogen) atoms. The summed E-state index contributed by atoms with van der Waals surface area (Å²) in [6.07, 6.45) is 3.33. The lowest BCUT2D eigenvalue weighted by atomic mass is 10.1. The Morgan fingerprint density at radius 2 is 2.31 bits per heavy atom. The molecule has 68 valence electrons. The van der Waals surface area contributed by atoms with E-state index >= 15 is 0 Å². The van der Waals surface area contributed by atoms with Gasteiger partial charge in [-0.2, -0.15) is 0 Å². The van der Waals surface area contributed by atoms with Crippen LogP contribution in [0.3, 0.4) is 0 Å². The van der Waals surface area contributed by atoms with Crippen LogP contribution in [0.2, 0.25) is 0 Å². The maximum atomic E-state index is 10.8. The molecular weight excluding hydrogens is 188 g/mol. The van der Waals surface area contributed by atoms with Crippen molar-refractivity contribution in [2.75, 3.05) is 0 Å². The quantitative estimate of drug-likeness (QED) is 0.637. The topological polar surface area (TPSA) is 49.4 Å². The Morgan fingerprint density at radius 1 is 1.46 bits per heavy atom. The molecule has 0 radical (unpaired) electrons. The third-order valence-corrected chi connectivity index (χ3v) is 2.66. The van der Waals surface area contributed by atoms with Gasteiger partial charge in [0.15, 0.2) is 0 Å². The van der Waals surface area contributed by atoms with Crippen molar-refractivity contribution in [1.29, 1.82) is 0 Å². The predicted octanol–water partition coefficient (Wildman–Crippen LogP) is 1.43. The van der Waals surface area contributed by atoms with Gasteiger partial charge in [-0.1, -0.05) is 12.1 Å². The van der Waals surface area contributed by atoms with Gasteiger partial charge in [0, 0.05) is 10.5 Å². The molecule has 1 aliphatic heterocycles. The Morgan fingerprint density at radius 3 is 3.08 bits per heavy atom. The Kier molecular flexibility index (Phi) is 2.16. The highest BCUT2D eigenvalue weighted by Crippen LogP contribution is 2.23. The molecule has 1 unspecified atom stereocenters. The third-order valence-electron chi connectivity index (χ3n) is 1.92. The van der Waals surface area contributed by atoms with E-state index in [-0.39, 0.29) is 0 Å². The molecule has 1 aromatic carbocycles. The first-order valence-corrected chi connectivity index (χ1v) is 4.86. The van der Waals surface area contributed by atoms with Crippen molar-refractivity contribution in [3.63, 3.8) is 0 Å². The Balaban J connectivity index is 2.59. The Labute approximate surface area is 78.3 Å². The maximum absolute atomic E-state index is 10.8. The van der Waals surface area contributed by atoms with Crippen LogP contribution in [0.1, 0.15) is 11.1 Å². The fourth-order valence-corrected chi connectivity index (χ4v) is 1.87. The molecule has 1 atom stereocenters. The molecule has 0 aliphatic carbocycles. The summed E-state index contributed by atoms with van der Waals surface area (Å²) in [7, 11) is 0. The fourth-order valence-electron chi connectivity index (χ4n) is 1.30. The van der Waals surface area contributed by atoms with E-state index in [1.54, 1.807) is 24.5 Å². The van der Waals surface area contributed by atoms with Gasteiger partial charge < -0.3 is 9.29 Å². The molecule has 0 amide bonds. The second-order valence-electron chi connectivity index (χ2n) is 2.67. The molecule has 0 bridgehead atoms. The predicted molar refractivity (Wildman–Crippen MR) is 47.5 cm³/mol. The fraction of sp³-hybridized carbons (Fsp3) is 0.111. The van der Waals surface area contributed by atoms with Crippen molar-refractivity contribution in [1.82, 2.24) is 0 Å². The van der Waals surface area contributed by atoms with Gasteiger partial charge in [0.05, 0.1) is 6.26 Å². The van der Waals surface area contributed by atoms with E-state index in [1.807, 2.05) is 6.07 Å². The number of hydrogen-bond acceptors (Lipinski definition) is 3. The lowest BCUT2D eigenvalue weighted by molar-refractivity contribution is 0.231. The maximum Gasteiger partial charge on any atom is 0.114 e. The average molecular weight is 195 g/mol. The van der Waals surface area contributed by atoms with Crippen molar-refractivity contribution in [3.8, 4) is 0 Å². The summed E-state index contributed by atoms with van der Waals surface area (Å²) in [5, 5.41) is 0. The minimum Gasteiger partial charge on any atom is -0.768 e. The van der Waals surface area contributed by atoms with Crippen LogP contribution in [0.4, 0.5) is 0 Å².